The molecule has 1 amide bonds. The molecule has 2 rings (SSSR count). The predicted octanol–water partition coefficient (Wildman–Crippen LogP) is 2.15. The van der Waals surface area contributed by atoms with E-state index in [1.807, 2.05) is 0 Å². The predicted molar refractivity (Wildman–Crippen MR) is 95.0 cm³/mol. The summed E-state index contributed by atoms with van der Waals surface area (Å²) in [6.07, 6.45) is 0. The molecule has 2 N–H and O–H groups in total. The Morgan fingerprint density at radius 1 is 1.24 bits per heavy atom. The lowest BCUT2D eigenvalue weighted by atomic mass is 10.2. The van der Waals surface area contributed by atoms with Crippen molar-refractivity contribution in [2.45, 2.75) is 6.54 Å². The van der Waals surface area contributed by atoms with E-state index in [0.717, 1.165) is 4.90 Å². The Morgan fingerprint density at radius 2 is 2.00 bits per heavy atom. The first-order chi connectivity index (χ1) is 11.9. The van der Waals surface area contributed by atoms with Gasteiger partial charge < -0.3 is 19.7 Å². The third-order valence-electron chi connectivity index (χ3n) is 3.69. The smallest absolute Gasteiger partial charge is 0.279 e. The second-order valence-corrected chi connectivity index (χ2v) is 6.03. The molecule has 0 heterocycles. The zero-order valence-electron chi connectivity index (χ0n) is 14.4. The van der Waals surface area contributed by atoms with Gasteiger partial charge in [-0.25, -0.2) is 4.39 Å². The molecule has 0 radical (unpaired) electrons. The number of nitrogens with one attached hydrogen (secondary N) is 2. The van der Waals surface area contributed by atoms with E-state index in [9.17, 15) is 9.18 Å². The standard InChI is InChI=1S/C18H20ClFN2O3/c1-22(10-13-14(19)5-4-6-15(13)20)11-18(23)21-16-8-7-12(24-2)9-17(16)25-3/h4-9H,10-11H2,1-3H3,(H,21,23)/p+1. The summed E-state index contributed by atoms with van der Waals surface area (Å²) in [5, 5.41) is 3.15. The van der Waals surface area contributed by atoms with Crippen molar-refractivity contribution in [3.63, 3.8) is 0 Å². The molecule has 1 atom stereocenters. The molecule has 0 aromatic heterocycles. The van der Waals surface area contributed by atoms with Crippen LogP contribution in [0, 0.1) is 5.82 Å². The summed E-state index contributed by atoms with van der Waals surface area (Å²) in [4.78, 5) is 13.1. The average Bonchev–Trinajstić information content (AvgIpc) is 2.58. The van der Waals surface area contributed by atoms with Gasteiger partial charge in [-0.2, -0.15) is 0 Å². The molecule has 0 saturated carbocycles. The van der Waals surface area contributed by atoms with Crippen molar-refractivity contribution in [3.05, 3.63) is 52.8 Å². The third kappa shape index (κ3) is 5.08. The number of carbonyl (C=O) groups is 1. The molecule has 2 aromatic carbocycles. The second kappa shape index (κ2) is 8.69. The van der Waals surface area contributed by atoms with Gasteiger partial charge >= 0.3 is 0 Å². The zero-order valence-corrected chi connectivity index (χ0v) is 15.1. The molecule has 25 heavy (non-hydrogen) atoms. The van der Waals surface area contributed by atoms with Gasteiger partial charge in [0.05, 0.1) is 37.5 Å². The van der Waals surface area contributed by atoms with Crippen LogP contribution in [0.3, 0.4) is 0 Å². The highest BCUT2D eigenvalue weighted by molar-refractivity contribution is 6.31. The summed E-state index contributed by atoms with van der Waals surface area (Å²) in [6.45, 7) is 0.457. The number of rotatable bonds is 7. The summed E-state index contributed by atoms with van der Waals surface area (Å²) >= 11 is 6.03. The number of anilines is 1. The molecule has 0 saturated heterocycles. The van der Waals surface area contributed by atoms with Gasteiger partial charge in [0.15, 0.2) is 6.54 Å². The van der Waals surface area contributed by atoms with Crippen molar-refractivity contribution in [2.24, 2.45) is 0 Å². The Bertz CT molecular complexity index is 735. The van der Waals surface area contributed by atoms with E-state index in [-0.39, 0.29) is 18.3 Å². The van der Waals surface area contributed by atoms with E-state index in [0.29, 0.717) is 34.3 Å². The molecule has 0 aliphatic carbocycles. The summed E-state index contributed by atoms with van der Waals surface area (Å²) < 4.78 is 24.2. The van der Waals surface area contributed by atoms with Crippen LogP contribution >= 0.6 is 11.6 Å². The summed E-state index contributed by atoms with van der Waals surface area (Å²) in [6, 6.07) is 9.67. The van der Waals surface area contributed by atoms with E-state index in [2.05, 4.69) is 5.32 Å². The number of ether oxygens (including phenoxy) is 2. The topological polar surface area (TPSA) is 52.0 Å². The van der Waals surface area contributed by atoms with Crippen LogP contribution in [0.5, 0.6) is 11.5 Å². The highest BCUT2D eigenvalue weighted by atomic mass is 35.5. The van der Waals surface area contributed by atoms with Gasteiger partial charge in [0.1, 0.15) is 23.9 Å². The normalized spacial score (nSPS) is 11.7. The first-order valence-corrected chi connectivity index (χ1v) is 8.08. The molecular formula is C18H21ClFN2O3+. The summed E-state index contributed by atoms with van der Waals surface area (Å²) in [5.74, 6) is 0.548. The molecule has 0 bridgehead atoms. The largest absolute Gasteiger partial charge is 0.497 e. The molecule has 0 aliphatic heterocycles. The van der Waals surface area contributed by atoms with Crippen molar-refractivity contribution in [3.8, 4) is 11.5 Å². The number of carbonyl (C=O) groups excluding carboxylic acids is 1. The van der Waals surface area contributed by atoms with Crippen LogP contribution in [0.4, 0.5) is 10.1 Å². The Labute approximate surface area is 151 Å². The van der Waals surface area contributed by atoms with Gasteiger partial charge in [-0.15, -0.1) is 0 Å². The molecule has 5 nitrogen and oxygen atoms in total. The minimum atomic E-state index is -0.371. The van der Waals surface area contributed by atoms with Gasteiger partial charge in [0.25, 0.3) is 5.91 Å². The average molecular weight is 368 g/mol. The highest BCUT2D eigenvalue weighted by Crippen LogP contribution is 2.28. The van der Waals surface area contributed by atoms with E-state index < -0.39 is 0 Å². The Morgan fingerprint density at radius 3 is 2.64 bits per heavy atom. The second-order valence-electron chi connectivity index (χ2n) is 5.63. The maximum atomic E-state index is 13.8. The van der Waals surface area contributed by atoms with Gasteiger partial charge in [0.2, 0.25) is 0 Å². The molecule has 1 unspecified atom stereocenters. The van der Waals surface area contributed by atoms with Gasteiger partial charge in [0, 0.05) is 6.07 Å². The molecule has 134 valence electrons. The maximum Gasteiger partial charge on any atom is 0.279 e. The Hall–Kier alpha value is -2.31. The fourth-order valence-corrected chi connectivity index (χ4v) is 2.67. The van der Waals surface area contributed by atoms with Crippen molar-refractivity contribution < 1.29 is 23.6 Å². The fraction of sp³-hybridized carbons (Fsp3) is 0.278. The minimum Gasteiger partial charge on any atom is -0.497 e. The number of quaternary nitrogens is 1. The van der Waals surface area contributed by atoms with Crippen molar-refractivity contribution in [2.75, 3.05) is 33.1 Å². The third-order valence-corrected chi connectivity index (χ3v) is 4.04. The van der Waals surface area contributed by atoms with Gasteiger partial charge in [-0.3, -0.25) is 4.79 Å². The monoisotopic (exact) mass is 367 g/mol. The van der Waals surface area contributed by atoms with Crippen LogP contribution in [0.15, 0.2) is 36.4 Å². The Kier molecular flexibility index (Phi) is 6.61. The molecule has 7 heteroatoms. The van der Waals surface area contributed by atoms with Crippen LogP contribution in [-0.4, -0.2) is 33.7 Å². The minimum absolute atomic E-state index is 0.153. The molecule has 0 spiro atoms. The van der Waals surface area contributed by atoms with Crippen molar-refractivity contribution in [1.29, 1.82) is 0 Å². The van der Waals surface area contributed by atoms with Crippen LogP contribution < -0.4 is 19.7 Å². The highest BCUT2D eigenvalue weighted by Gasteiger charge is 2.16. The van der Waals surface area contributed by atoms with Crippen LogP contribution in [-0.2, 0) is 11.3 Å². The number of hydrogen-bond acceptors (Lipinski definition) is 3. The fourth-order valence-electron chi connectivity index (χ4n) is 2.44. The lowest BCUT2D eigenvalue weighted by Gasteiger charge is -2.16. The molecule has 0 aliphatic rings. The number of hydrogen-bond donors (Lipinski definition) is 2. The zero-order chi connectivity index (χ0) is 18.4. The SMILES string of the molecule is COc1ccc(NC(=O)C[NH+](C)Cc2c(F)cccc2Cl)c(OC)c1. The van der Waals surface area contributed by atoms with Gasteiger partial charge in [-0.1, -0.05) is 17.7 Å². The first kappa shape index (κ1) is 19.0. The van der Waals surface area contributed by atoms with Crippen molar-refractivity contribution >= 4 is 23.2 Å². The van der Waals surface area contributed by atoms with Gasteiger partial charge in [-0.05, 0) is 24.3 Å². The number of likely N-dealkylation sites (N-methyl/N-ethyl adjacent to an activating group) is 1. The number of benzene rings is 2. The maximum absolute atomic E-state index is 13.8. The number of methoxy groups -OCH3 is 2. The summed E-state index contributed by atoms with van der Waals surface area (Å²) in [7, 11) is 4.87. The van der Waals surface area contributed by atoms with E-state index >= 15 is 0 Å². The number of halogens is 2. The quantitative estimate of drug-likeness (QED) is 0.788. The molecular weight excluding hydrogens is 347 g/mol. The lowest BCUT2D eigenvalue weighted by molar-refractivity contribution is -0.885. The van der Waals surface area contributed by atoms with E-state index in [1.165, 1.54) is 13.2 Å². The molecule has 0 fully saturated rings. The van der Waals surface area contributed by atoms with Crippen LogP contribution in [0.2, 0.25) is 5.02 Å². The van der Waals surface area contributed by atoms with Crippen LogP contribution in [0.1, 0.15) is 5.56 Å². The van der Waals surface area contributed by atoms with Crippen molar-refractivity contribution in [1.82, 2.24) is 0 Å². The lowest BCUT2D eigenvalue weighted by Crippen LogP contribution is -3.08. The Balaban J connectivity index is 2.00. The molecule has 2 aromatic rings. The summed E-state index contributed by atoms with van der Waals surface area (Å²) in [5.41, 5.74) is 0.946. The van der Waals surface area contributed by atoms with E-state index in [4.69, 9.17) is 21.1 Å². The first-order valence-electron chi connectivity index (χ1n) is 7.70. The van der Waals surface area contributed by atoms with E-state index in [1.54, 1.807) is 44.5 Å². The number of amides is 1. The van der Waals surface area contributed by atoms with Crippen LogP contribution in [0.25, 0.3) is 0 Å².